The second-order valence-electron chi connectivity index (χ2n) is 24.2. The van der Waals surface area contributed by atoms with Gasteiger partial charge in [0.1, 0.15) is 0 Å². The van der Waals surface area contributed by atoms with Crippen LogP contribution < -0.4 is 26.2 Å². The molecule has 0 N–H and O–H groups in total. The van der Waals surface area contributed by atoms with Gasteiger partial charge in [0.05, 0.1) is 11.4 Å². The summed E-state index contributed by atoms with van der Waals surface area (Å²) in [5.74, 6) is 0.689. The van der Waals surface area contributed by atoms with E-state index in [-0.39, 0.29) is 17.5 Å². The summed E-state index contributed by atoms with van der Waals surface area (Å²) >= 11 is 0. The molecule has 374 valence electrons. The molecule has 0 amide bonds. The van der Waals surface area contributed by atoms with Crippen molar-refractivity contribution in [2.45, 2.75) is 52.4 Å². The minimum absolute atomic E-state index is 0.0269. The molecule has 4 nitrogen and oxygen atoms in total. The van der Waals surface area contributed by atoms with Crippen molar-refractivity contribution >= 4 is 122 Å². The van der Waals surface area contributed by atoms with E-state index in [2.05, 4.69) is 276 Å². The second-order valence-corrected chi connectivity index (χ2v) is 24.2. The number of hydrogen-bond acceptors (Lipinski definition) is 4. The normalized spacial score (nSPS) is 13.4. The molecule has 5 heteroatoms. The van der Waals surface area contributed by atoms with E-state index in [1.54, 1.807) is 0 Å². The molecule has 79 heavy (non-hydrogen) atoms. The van der Waals surface area contributed by atoms with Crippen molar-refractivity contribution in [2.75, 3.05) is 9.80 Å². The molecular formula is C74H55BN4. The summed E-state index contributed by atoms with van der Waals surface area (Å²) in [5, 5.41) is 15.4. The predicted octanol–water partition coefficient (Wildman–Crippen LogP) is 17.9. The van der Waals surface area contributed by atoms with E-state index < -0.39 is 0 Å². The first-order valence-corrected chi connectivity index (χ1v) is 27.8. The molecule has 0 bridgehead atoms. The van der Waals surface area contributed by atoms with E-state index in [9.17, 15) is 0 Å². The Morgan fingerprint density at radius 2 is 0.709 bits per heavy atom. The van der Waals surface area contributed by atoms with Crippen LogP contribution in [-0.4, -0.2) is 16.7 Å². The van der Waals surface area contributed by atoms with Gasteiger partial charge in [-0.2, -0.15) is 0 Å². The molecule has 2 aliphatic rings. The van der Waals surface area contributed by atoms with Gasteiger partial charge in [-0.05, 0) is 158 Å². The fourth-order valence-electron chi connectivity index (χ4n) is 13.6. The van der Waals surface area contributed by atoms with Gasteiger partial charge in [0.15, 0.2) is 5.82 Å². The SMILES string of the molecule is CC(C)(C)c1ccc(N2c3cc(-c4cc(-c5ccccc5)nc(-c5ccccc5)n4)cc4c3B(c3c2cc2ccc5cccc6ccc3c2c56)c2c(cc3ccc5cccc6ccc2c3c56)N4c2ccc(C(C)(C)C)cc2)cc1. The van der Waals surface area contributed by atoms with E-state index in [0.717, 1.165) is 50.8 Å². The Labute approximate surface area is 461 Å². The minimum Gasteiger partial charge on any atom is -0.311 e. The van der Waals surface area contributed by atoms with Gasteiger partial charge in [-0.25, -0.2) is 9.97 Å². The Morgan fingerprint density at radius 1 is 0.316 bits per heavy atom. The Morgan fingerprint density at radius 3 is 1.15 bits per heavy atom. The van der Waals surface area contributed by atoms with Crippen molar-refractivity contribution in [1.82, 2.24) is 9.97 Å². The first-order chi connectivity index (χ1) is 38.4. The predicted molar refractivity (Wildman–Crippen MR) is 337 cm³/mol. The number of rotatable bonds is 5. The van der Waals surface area contributed by atoms with E-state index >= 15 is 0 Å². The highest BCUT2D eigenvalue weighted by Gasteiger charge is 2.46. The van der Waals surface area contributed by atoms with Crippen LogP contribution in [0, 0.1) is 0 Å². The molecule has 0 fully saturated rings. The summed E-state index contributed by atoms with van der Waals surface area (Å²) in [6.45, 7) is 13.6. The monoisotopic (exact) mass is 1010 g/mol. The van der Waals surface area contributed by atoms with Crippen molar-refractivity contribution in [2.24, 2.45) is 0 Å². The van der Waals surface area contributed by atoms with Crippen LogP contribution in [0.1, 0.15) is 52.7 Å². The molecule has 14 aromatic rings. The first-order valence-electron chi connectivity index (χ1n) is 27.8. The third-order valence-corrected chi connectivity index (χ3v) is 17.4. The van der Waals surface area contributed by atoms with Gasteiger partial charge in [-0.3, -0.25) is 0 Å². The molecule has 0 unspecified atom stereocenters. The average molecular weight is 1010 g/mol. The quantitative estimate of drug-likeness (QED) is 0.127. The molecule has 0 atom stereocenters. The lowest BCUT2D eigenvalue weighted by Gasteiger charge is -2.45. The molecule has 0 spiro atoms. The maximum atomic E-state index is 5.56. The third kappa shape index (κ3) is 6.88. The topological polar surface area (TPSA) is 32.3 Å². The molecule has 2 aliphatic heterocycles. The van der Waals surface area contributed by atoms with Gasteiger partial charge in [0.2, 0.25) is 0 Å². The van der Waals surface area contributed by atoms with Crippen LogP contribution in [0.3, 0.4) is 0 Å². The summed E-state index contributed by atoms with van der Waals surface area (Å²) in [6, 6.07) is 84.3. The van der Waals surface area contributed by atoms with Crippen molar-refractivity contribution in [3.8, 4) is 33.9 Å². The number of benzene rings is 13. The Bertz CT molecular complexity index is 4460. The van der Waals surface area contributed by atoms with Crippen LogP contribution >= 0.6 is 0 Å². The fraction of sp³-hybridized carbons (Fsp3) is 0.108. The molecule has 16 rings (SSSR count). The fourth-order valence-corrected chi connectivity index (χ4v) is 13.6. The molecule has 3 heterocycles. The van der Waals surface area contributed by atoms with Crippen LogP contribution in [0.4, 0.5) is 34.1 Å². The lowest BCUT2D eigenvalue weighted by molar-refractivity contribution is 0.590. The van der Waals surface area contributed by atoms with Gasteiger partial charge in [-0.15, -0.1) is 0 Å². The largest absolute Gasteiger partial charge is 0.311 e. The van der Waals surface area contributed by atoms with Gasteiger partial charge >= 0.3 is 0 Å². The van der Waals surface area contributed by atoms with Gasteiger partial charge in [-0.1, -0.05) is 211 Å². The van der Waals surface area contributed by atoms with Crippen LogP contribution in [0.15, 0.2) is 224 Å². The molecule has 13 aromatic carbocycles. The van der Waals surface area contributed by atoms with E-state index in [4.69, 9.17) is 9.97 Å². The number of fused-ring (bicyclic) bond motifs is 6. The summed E-state index contributed by atoms with van der Waals surface area (Å²) in [5.41, 5.74) is 18.1. The molecule has 0 radical (unpaired) electrons. The van der Waals surface area contributed by atoms with Crippen molar-refractivity contribution in [1.29, 1.82) is 0 Å². The van der Waals surface area contributed by atoms with Gasteiger partial charge < -0.3 is 9.80 Å². The summed E-state index contributed by atoms with van der Waals surface area (Å²) in [4.78, 5) is 16.0. The van der Waals surface area contributed by atoms with Gasteiger partial charge in [0, 0.05) is 50.8 Å². The van der Waals surface area contributed by atoms with E-state index in [1.807, 2.05) is 0 Å². The molecule has 0 saturated carbocycles. The maximum Gasteiger partial charge on any atom is 0.253 e. The lowest BCUT2D eigenvalue weighted by Crippen LogP contribution is -2.61. The standard InChI is InChI=1S/C74H55BN4/c1-73(2,3)53-29-33-55(34-30-53)78-61-39-50-25-23-45-19-13-21-47-27-37-57(67(50)65(45)47)69(61)75-70-58-38-28-48-22-14-20-46-24-26-51(68(58)66(46)48)40-62(70)79(56-35-31-54(32-36-56)74(4,5)6)64-42-52(41-63(78)71(64)75)60-43-59(44-15-9-7-10-16-44)76-72(77-60)49-17-11-8-12-18-49/h7-43H,1-6H3. The minimum atomic E-state index is -0.168. The highest BCUT2D eigenvalue weighted by atomic mass is 15.2. The zero-order chi connectivity index (χ0) is 53.1. The first kappa shape index (κ1) is 45.8. The van der Waals surface area contributed by atoms with Crippen molar-refractivity contribution in [3.05, 3.63) is 236 Å². The smallest absolute Gasteiger partial charge is 0.253 e. The highest BCUT2D eigenvalue weighted by molar-refractivity contribution is 7.03. The zero-order valence-electron chi connectivity index (χ0n) is 45.2. The second kappa shape index (κ2) is 16.6. The Hall–Kier alpha value is -9.32. The number of hydrogen-bond donors (Lipinski definition) is 0. The van der Waals surface area contributed by atoms with E-state index in [0.29, 0.717) is 5.82 Å². The lowest BCUT2D eigenvalue weighted by atomic mass is 9.32. The van der Waals surface area contributed by atoms with Crippen LogP contribution in [-0.2, 0) is 10.8 Å². The molecular weight excluding hydrogens is 956 g/mol. The Balaban J connectivity index is 1.09. The van der Waals surface area contributed by atoms with Crippen LogP contribution in [0.25, 0.3) is 98.5 Å². The Kier molecular flexibility index (Phi) is 9.63. The van der Waals surface area contributed by atoms with Crippen LogP contribution in [0.2, 0.25) is 0 Å². The van der Waals surface area contributed by atoms with E-state index in [1.165, 1.54) is 104 Å². The van der Waals surface area contributed by atoms with Crippen LogP contribution in [0.5, 0.6) is 0 Å². The number of nitrogens with zero attached hydrogens (tertiary/aromatic N) is 4. The molecule has 0 saturated heterocycles. The number of aromatic nitrogens is 2. The average Bonchev–Trinajstić information content (AvgIpc) is 2.41. The number of anilines is 6. The maximum absolute atomic E-state index is 5.56. The molecule has 0 aliphatic carbocycles. The summed E-state index contributed by atoms with van der Waals surface area (Å²) in [6.07, 6.45) is 0. The summed E-state index contributed by atoms with van der Waals surface area (Å²) < 4.78 is 0. The third-order valence-electron chi connectivity index (χ3n) is 17.4. The highest BCUT2D eigenvalue weighted by Crippen LogP contribution is 2.51. The van der Waals surface area contributed by atoms with Gasteiger partial charge in [0.25, 0.3) is 6.71 Å². The van der Waals surface area contributed by atoms with Crippen molar-refractivity contribution < 1.29 is 0 Å². The zero-order valence-corrected chi connectivity index (χ0v) is 45.2. The van der Waals surface area contributed by atoms with Crippen molar-refractivity contribution in [3.63, 3.8) is 0 Å². The molecule has 1 aromatic heterocycles. The summed E-state index contributed by atoms with van der Waals surface area (Å²) in [7, 11) is 0.